The van der Waals surface area contributed by atoms with Gasteiger partial charge in [-0.15, -0.1) is 10.2 Å². The first kappa shape index (κ1) is 21.6. The van der Waals surface area contributed by atoms with Crippen LogP contribution in [-0.2, 0) is 11.8 Å². The number of aryl methyl sites for hydroxylation is 2. The summed E-state index contributed by atoms with van der Waals surface area (Å²) >= 11 is 1.30. The number of carbonyl (C=O) groups excluding carboxylic acids is 2. The molecule has 1 heterocycles. The fraction of sp³-hybridized carbons (Fsp3) is 0.273. The number of nitrogens with zero attached hydrogens (tertiary/aromatic N) is 3. The highest BCUT2D eigenvalue weighted by atomic mass is 32.2. The number of rotatable bonds is 7. The molecule has 3 rings (SSSR count). The first-order chi connectivity index (χ1) is 14.3. The average Bonchev–Trinajstić information content (AvgIpc) is 3.09. The second-order valence-corrected chi connectivity index (χ2v) is 8.11. The van der Waals surface area contributed by atoms with Gasteiger partial charge in [0.15, 0.2) is 11.0 Å². The molecule has 30 heavy (non-hydrogen) atoms. The number of hydrogen-bond donors (Lipinski definition) is 2. The maximum Gasteiger partial charge on any atom is 0.251 e. The van der Waals surface area contributed by atoms with Gasteiger partial charge in [-0.05, 0) is 45.0 Å². The van der Waals surface area contributed by atoms with E-state index >= 15 is 0 Å². The second-order valence-electron chi connectivity index (χ2n) is 7.16. The summed E-state index contributed by atoms with van der Waals surface area (Å²) in [6.07, 6.45) is 0. The van der Waals surface area contributed by atoms with Crippen LogP contribution in [0.4, 0.5) is 5.69 Å². The Morgan fingerprint density at radius 2 is 1.60 bits per heavy atom. The Labute approximate surface area is 180 Å². The van der Waals surface area contributed by atoms with E-state index in [9.17, 15) is 9.59 Å². The number of benzene rings is 2. The molecule has 1 aromatic heterocycles. The van der Waals surface area contributed by atoms with Crippen LogP contribution in [-0.4, -0.2) is 32.3 Å². The molecule has 2 amide bonds. The van der Waals surface area contributed by atoms with E-state index in [-0.39, 0.29) is 23.6 Å². The highest BCUT2D eigenvalue weighted by molar-refractivity contribution is 7.99. The van der Waals surface area contributed by atoms with Gasteiger partial charge in [-0.2, -0.15) is 0 Å². The maximum absolute atomic E-state index is 12.4. The van der Waals surface area contributed by atoms with Crippen molar-refractivity contribution in [2.45, 2.75) is 32.0 Å². The number of nitrogens with one attached hydrogen (secondary N) is 2. The normalized spacial score (nSPS) is 11.7. The van der Waals surface area contributed by atoms with Crippen LogP contribution in [0.25, 0.3) is 0 Å². The quantitative estimate of drug-likeness (QED) is 0.566. The van der Waals surface area contributed by atoms with Crippen molar-refractivity contribution >= 4 is 29.3 Å². The van der Waals surface area contributed by atoms with Gasteiger partial charge in [-0.1, -0.05) is 47.2 Å². The largest absolute Gasteiger partial charge is 0.342 e. The van der Waals surface area contributed by atoms with Crippen molar-refractivity contribution in [1.82, 2.24) is 20.1 Å². The number of thioether (sulfide) groups is 1. The minimum absolute atomic E-state index is 0.117. The number of amides is 2. The van der Waals surface area contributed by atoms with E-state index in [4.69, 9.17) is 0 Å². The fourth-order valence-corrected chi connectivity index (χ4v) is 3.56. The molecule has 0 bridgehead atoms. The molecule has 0 unspecified atom stereocenters. The third-order valence-corrected chi connectivity index (χ3v) is 5.61. The van der Waals surface area contributed by atoms with Gasteiger partial charge in [0.25, 0.3) is 5.91 Å². The smallest absolute Gasteiger partial charge is 0.251 e. The zero-order chi connectivity index (χ0) is 21.7. The molecule has 8 heteroatoms. The summed E-state index contributed by atoms with van der Waals surface area (Å²) in [5, 5.41) is 14.8. The molecule has 0 radical (unpaired) electrons. The van der Waals surface area contributed by atoms with Crippen molar-refractivity contribution in [3.63, 3.8) is 0 Å². The van der Waals surface area contributed by atoms with Crippen LogP contribution in [0, 0.1) is 13.8 Å². The van der Waals surface area contributed by atoms with E-state index in [0.717, 1.165) is 16.8 Å². The van der Waals surface area contributed by atoms with E-state index in [2.05, 4.69) is 20.8 Å². The molecule has 0 aliphatic rings. The molecular weight excluding hydrogens is 398 g/mol. The Morgan fingerprint density at radius 1 is 1.00 bits per heavy atom. The van der Waals surface area contributed by atoms with Crippen LogP contribution in [0.1, 0.15) is 40.3 Å². The van der Waals surface area contributed by atoms with Gasteiger partial charge in [0.2, 0.25) is 5.91 Å². The van der Waals surface area contributed by atoms with E-state index in [0.29, 0.717) is 16.5 Å². The zero-order valence-electron chi connectivity index (χ0n) is 17.5. The van der Waals surface area contributed by atoms with Gasteiger partial charge < -0.3 is 15.2 Å². The van der Waals surface area contributed by atoms with Crippen LogP contribution >= 0.6 is 11.8 Å². The fourth-order valence-electron chi connectivity index (χ4n) is 2.84. The van der Waals surface area contributed by atoms with Gasteiger partial charge in [-0.3, -0.25) is 9.59 Å². The summed E-state index contributed by atoms with van der Waals surface area (Å²) in [6, 6.07) is 14.7. The highest BCUT2D eigenvalue weighted by Gasteiger charge is 2.19. The first-order valence-corrected chi connectivity index (χ1v) is 10.6. The van der Waals surface area contributed by atoms with Gasteiger partial charge >= 0.3 is 0 Å². The van der Waals surface area contributed by atoms with E-state index < -0.39 is 0 Å². The van der Waals surface area contributed by atoms with Crippen molar-refractivity contribution in [2.75, 3.05) is 11.1 Å². The molecular formula is C22H25N5O2S. The summed E-state index contributed by atoms with van der Waals surface area (Å²) < 4.78 is 1.80. The van der Waals surface area contributed by atoms with Crippen molar-refractivity contribution in [3.8, 4) is 0 Å². The number of anilines is 1. The highest BCUT2D eigenvalue weighted by Crippen LogP contribution is 2.20. The van der Waals surface area contributed by atoms with Crippen molar-refractivity contribution in [3.05, 3.63) is 71.0 Å². The summed E-state index contributed by atoms with van der Waals surface area (Å²) in [5.41, 5.74) is 3.59. The van der Waals surface area contributed by atoms with Crippen LogP contribution in [0.5, 0.6) is 0 Å². The Morgan fingerprint density at radius 3 is 2.23 bits per heavy atom. The van der Waals surface area contributed by atoms with Gasteiger partial charge in [0.1, 0.15) is 0 Å². The third kappa shape index (κ3) is 5.48. The predicted molar refractivity (Wildman–Crippen MR) is 119 cm³/mol. The second kappa shape index (κ2) is 9.58. The van der Waals surface area contributed by atoms with Crippen LogP contribution in [0.2, 0.25) is 0 Å². The van der Waals surface area contributed by atoms with Crippen LogP contribution in [0.3, 0.4) is 0 Å². The number of aromatic nitrogens is 3. The standard InChI is InChI=1S/C22H25N5O2S/c1-14-5-9-17(10-6-14)21(29)23-16(3)20-25-26-22(27(20)4)30-13-19(28)24-18-11-7-15(2)8-12-18/h5-12,16H,13H2,1-4H3,(H,23,29)(H,24,28)/t16-/m1/s1. The van der Waals surface area contributed by atoms with Gasteiger partial charge in [-0.25, -0.2) is 0 Å². The average molecular weight is 424 g/mol. The van der Waals surface area contributed by atoms with E-state index in [1.165, 1.54) is 11.8 Å². The molecule has 7 nitrogen and oxygen atoms in total. The molecule has 0 aliphatic carbocycles. The molecule has 0 saturated heterocycles. The lowest BCUT2D eigenvalue weighted by atomic mass is 10.1. The molecule has 0 fully saturated rings. The van der Waals surface area contributed by atoms with Crippen molar-refractivity contribution in [1.29, 1.82) is 0 Å². The Hall–Kier alpha value is -3.13. The topological polar surface area (TPSA) is 88.9 Å². The molecule has 2 aromatic carbocycles. The lowest BCUT2D eigenvalue weighted by Crippen LogP contribution is -2.28. The Kier molecular flexibility index (Phi) is 6.89. The van der Waals surface area contributed by atoms with Crippen molar-refractivity contribution < 1.29 is 9.59 Å². The molecule has 3 aromatic rings. The first-order valence-electron chi connectivity index (χ1n) is 9.59. The van der Waals surface area contributed by atoms with E-state index in [1.807, 2.05) is 64.2 Å². The lowest BCUT2D eigenvalue weighted by Gasteiger charge is -2.13. The SMILES string of the molecule is Cc1ccc(NC(=O)CSc2nnc([C@@H](C)NC(=O)c3ccc(C)cc3)n2C)cc1. The van der Waals surface area contributed by atoms with Gasteiger partial charge in [0, 0.05) is 18.3 Å². The number of carbonyl (C=O) groups is 2. The minimum atomic E-state index is -0.327. The third-order valence-electron chi connectivity index (χ3n) is 4.58. The molecule has 156 valence electrons. The summed E-state index contributed by atoms with van der Waals surface area (Å²) in [4.78, 5) is 24.6. The van der Waals surface area contributed by atoms with Gasteiger partial charge in [0.05, 0.1) is 11.8 Å². The van der Waals surface area contributed by atoms with E-state index in [1.54, 1.807) is 16.7 Å². The molecule has 0 aliphatic heterocycles. The van der Waals surface area contributed by atoms with Crippen molar-refractivity contribution in [2.24, 2.45) is 7.05 Å². The Balaban J connectivity index is 1.56. The summed E-state index contributed by atoms with van der Waals surface area (Å²) in [6.45, 7) is 5.83. The summed E-state index contributed by atoms with van der Waals surface area (Å²) in [5.74, 6) is 0.549. The minimum Gasteiger partial charge on any atom is -0.342 e. The maximum atomic E-state index is 12.4. The molecule has 1 atom stereocenters. The molecule has 2 N–H and O–H groups in total. The number of hydrogen-bond acceptors (Lipinski definition) is 5. The van der Waals surface area contributed by atoms with Crippen LogP contribution < -0.4 is 10.6 Å². The Bertz CT molecular complexity index is 1030. The molecule has 0 spiro atoms. The van der Waals surface area contributed by atoms with Crippen LogP contribution in [0.15, 0.2) is 53.7 Å². The zero-order valence-corrected chi connectivity index (χ0v) is 18.3. The monoisotopic (exact) mass is 423 g/mol. The predicted octanol–water partition coefficient (Wildman–Crippen LogP) is 3.65. The molecule has 0 saturated carbocycles. The lowest BCUT2D eigenvalue weighted by molar-refractivity contribution is -0.113. The summed E-state index contributed by atoms with van der Waals surface area (Å²) in [7, 11) is 1.82.